The Morgan fingerprint density at radius 2 is 1.58 bits per heavy atom. The Kier molecular flexibility index (Phi) is 3.93. The Bertz CT molecular complexity index is 1020. The van der Waals surface area contributed by atoms with Gasteiger partial charge in [0.05, 0.1) is 5.69 Å². The highest BCUT2D eigenvalue weighted by Crippen LogP contribution is 2.33. The minimum Gasteiger partial charge on any atom is -0.268 e. The third kappa shape index (κ3) is 2.71. The van der Waals surface area contributed by atoms with Crippen LogP contribution >= 0.6 is 0 Å². The van der Waals surface area contributed by atoms with Crippen LogP contribution in [0.5, 0.6) is 0 Å². The summed E-state index contributed by atoms with van der Waals surface area (Å²) in [6.07, 6.45) is 5.15. The summed E-state index contributed by atoms with van der Waals surface area (Å²) in [7, 11) is 0. The Labute approximate surface area is 151 Å². The fourth-order valence-corrected chi connectivity index (χ4v) is 3.05. The SMILES string of the molecule is Cc1ccc(N2C(=O)/C(=C\c3cccnc3)c3ccccc3C2=O)cc1. The molecule has 1 aromatic heterocycles. The highest BCUT2D eigenvalue weighted by atomic mass is 16.2. The summed E-state index contributed by atoms with van der Waals surface area (Å²) < 4.78 is 0. The molecule has 1 aliphatic heterocycles. The van der Waals surface area contributed by atoms with Crippen molar-refractivity contribution in [3.63, 3.8) is 0 Å². The van der Waals surface area contributed by atoms with Crippen molar-refractivity contribution in [1.82, 2.24) is 4.98 Å². The molecule has 4 heteroatoms. The maximum Gasteiger partial charge on any atom is 0.265 e. The van der Waals surface area contributed by atoms with Gasteiger partial charge in [0.25, 0.3) is 11.8 Å². The van der Waals surface area contributed by atoms with Gasteiger partial charge in [-0.15, -0.1) is 0 Å². The van der Waals surface area contributed by atoms with Crippen LogP contribution in [-0.4, -0.2) is 16.8 Å². The smallest absolute Gasteiger partial charge is 0.265 e. The molecule has 2 amide bonds. The molecular weight excluding hydrogens is 324 g/mol. The Hall–Kier alpha value is -3.53. The fourth-order valence-electron chi connectivity index (χ4n) is 3.05. The van der Waals surface area contributed by atoms with Gasteiger partial charge in [-0.3, -0.25) is 14.6 Å². The Morgan fingerprint density at radius 3 is 2.27 bits per heavy atom. The van der Waals surface area contributed by atoms with Gasteiger partial charge in [-0.05, 0) is 48.4 Å². The number of anilines is 1. The molecule has 0 atom stereocenters. The van der Waals surface area contributed by atoms with E-state index in [1.54, 1.807) is 42.7 Å². The average molecular weight is 340 g/mol. The minimum absolute atomic E-state index is 0.308. The first kappa shape index (κ1) is 16.0. The maximum absolute atomic E-state index is 13.2. The van der Waals surface area contributed by atoms with Crippen molar-refractivity contribution in [1.29, 1.82) is 0 Å². The van der Waals surface area contributed by atoms with Gasteiger partial charge < -0.3 is 0 Å². The van der Waals surface area contributed by atoms with E-state index in [1.165, 1.54) is 4.90 Å². The molecule has 3 aromatic rings. The van der Waals surface area contributed by atoms with Crippen molar-refractivity contribution >= 4 is 29.2 Å². The van der Waals surface area contributed by atoms with Crippen LogP contribution in [0.2, 0.25) is 0 Å². The number of rotatable bonds is 2. The highest BCUT2D eigenvalue weighted by molar-refractivity contribution is 6.43. The van der Waals surface area contributed by atoms with E-state index in [1.807, 2.05) is 43.3 Å². The number of pyridine rings is 1. The molecule has 126 valence electrons. The highest BCUT2D eigenvalue weighted by Gasteiger charge is 2.35. The molecule has 4 nitrogen and oxygen atoms in total. The van der Waals surface area contributed by atoms with E-state index in [2.05, 4.69) is 4.98 Å². The number of hydrogen-bond acceptors (Lipinski definition) is 3. The zero-order valence-electron chi connectivity index (χ0n) is 14.2. The number of benzene rings is 2. The monoisotopic (exact) mass is 340 g/mol. The molecule has 0 unspecified atom stereocenters. The summed E-state index contributed by atoms with van der Waals surface area (Å²) in [5.41, 5.74) is 4.09. The number of carbonyl (C=O) groups excluding carboxylic acids is 2. The van der Waals surface area contributed by atoms with Crippen LogP contribution in [0.4, 0.5) is 5.69 Å². The van der Waals surface area contributed by atoms with Gasteiger partial charge in [-0.2, -0.15) is 0 Å². The van der Waals surface area contributed by atoms with Crippen molar-refractivity contribution in [3.8, 4) is 0 Å². The van der Waals surface area contributed by atoms with E-state index >= 15 is 0 Å². The summed E-state index contributed by atoms with van der Waals surface area (Å²) in [4.78, 5) is 31.5. The average Bonchev–Trinajstić information content (AvgIpc) is 2.67. The molecule has 2 aromatic carbocycles. The van der Waals surface area contributed by atoms with Crippen LogP contribution in [0.15, 0.2) is 73.1 Å². The van der Waals surface area contributed by atoms with Crippen molar-refractivity contribution < 1.29 is 9.59 Å². The van der Waals surface area contributed by atoms with Gasteiger partial charge in [0.1, 0.15) is 0 Å². The van der Waals surface area contributed by atoms with Crippen LogP contribution in [-0.2, 0) is 4.79 Å². The lowest BCUT2D eigenvalue weighted by atomic mass is 9.92. The lowest BCUT2D eigenvalue weighted by Crippen LogP contribution is -2.41. The van der Waals surface area contributed by atoms with E-state index < -0.39 is 0 Å². The normalized spacial score (nSPS) is 15.3. The minimum atomic E-state index is -0.332. The topological polar surface area (TPSA) is 50.3 Å². The van der Waals surface area contributed by atoms with E-state index in [-0.39, 0.29) is 11.8 Å². The summed E-state index contributed by atoms with van der Waals surface area (Å²) in [5.74, 6) is -0.640. The summed E-state index contributed by atoms with van der Waals surface area (Å²) in [6, 6.07) is 18.3. The number of fused-ring (bicyclic) bond motifs is 1. The van der Waals surface area contributed by atoms with Gasteiger partial charge in [-0.1, -0.05) is 42.0 Å². The molecule has 0 saturated carbocycles. The summed E-state index contributed by atoms with van der Waals surface area (Å²) in [6.45, 7) is 1.96. The third-order valence-corrected chi connectivity index (χ3v) is 4.37. The predicted octanol–water partition coefficient (Wildman–Crippen LogP) is 4.12. The van der Waals surface area contributed by atoms with Crippen LogP contribution < -0.4 is 4.90 Å². The number of imide groups is 1. The maximum atomic E-state index is 13.2. The van der Waals surface area contributed by atoms with Crippen molar-refractivity contribution in [2.45, 2.75) is 6.92 Å². The number of hydrogen-bond donors (Lipinski definition) is 0. The molecule has 1 aliphatic rings. The molecule has 0 radical (unpaired) electrons. The predicted molar refractivity (Wildman–Crippen MR) is 102 cm³/mol. The molecule has 26 heavy (non-hydrogen) atoms. The number of aromatic nitrogens is 1. The number of carbonyl (C=O) groups is 2. The quantitative estimate of drug-likeness (QED) is 0.521. The second kappa shape index (κ2) is 6.41. The lowest BCUT2D eigenvalue weighted by molar-refractivity contribution is -0.112. The first-order chi connectivity index (χ1) is 12.6. The third-order valence-electron chi connectivity index (χ3n) is 4.37. The van der Waals surface area contributed by atoms with Crippen molar-refractivity contribution in [2.75, 3.05) is 4.90 Å². The van der Waals surface area contributed by atoms with Gasteiger partial charge in [0.15, 0.2) is 0 Å². The fraction of sp³-hybridized carbons (Fsp3) is 0.0455. The second-order valence-electron chi connectivity index (χ2n) is 6.17. The molecule has 0 bridgehead atoms. The molecule has 0 N–H and O–H groups in total. The molecule has 0 saturated heterocycles. The van der Waals surface area contributed by atoms with Gasteiger partial charge >= 0.3 is 0 Å². The number of amides is 2. The zero-order valence-corrected chi connectivity index (χ0v) is 14.2. The summed E-state index contributed by atoms with van der Waals surface area (Å²) >= 11 is 0. The molecular formula is C22H16N2O2. The van der Waals surface area contributed by atoms with E-state index in [0.29, 0.717) is 22.4 Å². The zero-order chi connectivity index (χ0) is 18.1. The van der Waals surface area contributed by atoms with Crippen LogP contribution in [0, 0.1) is 6.92 Å². The Balaban J connectivity index is 1.90. The van der Waals surface area contributed by atoms with E-state index in [9.17, 15) is 9.59 Å². The van der Waals surface area contributed by atoms with Crippen LogP contribution in [0.25, 0.3) is 11.6 Å². The molecule has 0 fully saturated rings. The second-order valence-corrected chi connectivity index (χ2v) is 6.17. The van der Waals surface area contributed by atoms with E-state index in [4.69, 9.17) is 0 Å². The van der Waals surface area contributed by atoms with Gasteiger partial charge in [0, 0.05) is 23.5 Å². The van der Waals surface area contributed by atoms with Crippen LogP contribution in [0.3, 0.4) is 0 Å². The first-order valence-corrected chi connectivity index (χ1v) is 8.32. The van der Waals surface area contributed by atoms with Crippen molar-refractivity contribution in [2.24, 2.45) is 0 Å². The molecule has 0 aliphatic carbocycles. The van der Waals surface area contributed by atoms with Crippen molar-refractivity contribution in [3.05, 3.63) is 95.3 Å². The van der Waals surface area contributed by atoms with E-state index in [0.717, 1.165) is 11.1 Å². The van der Waals surface area contributed by atoms with Gasteiger partial charge in [0.2, 0.25) is 0 Å². The molecule has 2 heterocycles. The summed E-state index contributed by atoms with van der Waals surface area (Å²) in [5, 5.41) is 0. The largest absolute Gasteiger partial charge is 0.268 e. The standard InChI is InChI=1S/C22H16N2O2/c1-15-8-10-17(11-9-15)24-21(25)19-7-3-2-6-18(19)20(22(24)26)13-16-5-4-12-23-14-16/h2-14H,1H3/b20-13-. The van der Waals surface area contributed by atoms with Gasteiger partial charge in [-0.25, -0.2) is 4.90 Å². The number of nitrogens with zero attached hydrogens (tertiary/aromatic N) is 2. The molecule has 0 spiro atoms. The van der Waals surface area contributed by atoms with Crippen LogP contribution in [0.1, 0.15) is 27.0 Å². The molecule has 4 rings (SSSR count). The Morgan fingerprint density at radius 1 is 0.846 bits per heavy atom. The number of aryl methyl sites for hydroxylation is 1. The first-order valence-electron chi connectivity index (χ1n) is 8.32. The lowest BCUT2D eigenvalue weighted by Gasteiger charge is -2.28.